The van der Waals surface area contributed by atoms with Gasteiger partial charge >= 0.3 is 0 Å². The summed E-state index contributed by atoms with van der Waals surface area (Å²) in [4.78, 5) is 12.5. The minimum absolute atomic E-state index is 0.188. The van der Waals surface area contributed by atoms with Crippen molar-refractivity contribution in [2.24, 2.45) is 0 Å². The molecule has 144 valence electrons. The van der Waals surface area contributed by atoms with Gasteiger partial charge in [-0.25, -0.2) is 14.4 Å². The van der Waals surface area contributed by atoms with E-state index in [-0.39, 0.29) is 5.82 Å². The van der Waals surface area contributed by atoms with Gasteiger partial charge in [0.25, 0.3) is 0 Å². The van der Waals surface area contributed by atoms with Crippen LogP contribution in [0.3, 0.4) is 0 Å². The third-order valence-corrected chi connectivity index (χ3v) is 6.38. The zero-order chi connectivity index (χ0) is 19.1. The molecular weight excluding hydrogens is 375 g/mol. The molecule has 5 rings (SSSR count). The number of pyridine rings is 1. The normalized spacial score (nSPS) is 17.1. The molecule has 0 spiro atoms. The second kappa shape index (κ2) is 7.14. The molecule has 1 aromatic carbocycles. The highest BCUT2D eigenvalue weighted by atomic mass is 32.1. The number of anilines is 2. The summed E-state index contributed by atoms with van der Waals surface area (Å²) in [6, 6.07) is 7.35. The maximum atomic E-state index is 13.6. The molecule has 1 N–H and O–H groups in total. The van der Waals surface area contributed by atoms with Crippen LogP contribution in [0.5, 0.6) is 0 Å². The molecule has 3 aromatic rings. The lowest BCUT2D eigenvalue weighted by Crippen LogP contribution is -2.33. The molecule has 0 radical (unpaired) electrons. The molecule has 5 nitrogen and oxygen atoms in total. The number of hydrogen-bond acceptors (Lipinski definition) is 6. The minimum atomic E-state index is -0.188. The van der Waals surface area contributed by atoms with Crippen molar-refractivity contribution in [3.8, 4) is 0 Å². The molecule has 2 aliphatic rings. The summed E-state index contributed by atoms with van der Waals surface area (Å²) in [6.07, 6.45) is 4.60. The first-order chi connectivity index (χ1) is 13.7. The Labute approximate surface area is 166 Å². The molecule has 2 aromatic heterocycles. The summed E-state index contributed by atoms with van der Waals surface area (Å²) in [5.41, 5.74) is 4.80. The third kappa shape index (κ3) is 3.14. The van der Waals surface area contributed by atoms with Crippen molar-refractivity contribution in [1.82, 2.24) is 15.3 Å². The van der Waals surface area contributed by atoms with Gasteiger partial charge in [0.15, 0.2) is 0 Å². The Bertz CT molecular complexity index is 1040. The predicted molar refractivity (Wildman–Crippen MR) is 111 cm³/mol. The Hall–Kier alpha value is -2.51. The summed E-state index contributed by atoms with van der Waals surface area (Å²) in [5.74, 6) is -0.188. The number of nitrogens with zero attached hydrogens (tertiary/aromatic N) is 3. The molecule has 0 unspecified atom stereocenters. The van der Waals surface area contributed by atoms with Crippen molar-refractivity contribution in [1.29, 1.82) is 0 Å². The zero-order valence-electron chi connectivity index (χ0n) is 15.4. The van der Waals surface area contributed by atoms with Crippen molar-refractivity contribution >= 4 is 38.8 Å². The fourth-order valence-corrected chi connectivity index (χ4v) is 4.80. The van der Waals surface area contributed by atoms with Crippen molar-refractivity contribution < 1.29 is 9.13 Å². The molecule has 1 fully saturated rings. The summed E-state index contributed by atoms with van der Waals surface area (Å²) in [7, 11) is 0. The topological polar surface area (TPSA) is 50.3 Å². The SMILES string of the molecule is C=C(NC1CCOCC1)c1nc2c(N3CCc4cc(F)ccc43)ccnc2s1. The van der Waals surface area contributed by atoms with E-state index in [4.69, 9.17) is 9.72 Å². The van der Waals surface area contributed by atoms with E-state index in [2.05, 4.69) is 21.8 Å². The highest BCUT2D eigenvalue weighted by molar-refractivity contribution is 7.19. The number of hydrogen-bond donors (Lipinski definition) is 1. The van der Waals surface area contributed by atoms with E-state index in [1.54, 1.807) is 17.4 Å². The molecular formula is C21H21FN4OS. The van der Waals surface area contributed by atoms with E-state index in [9.17, 15) is 4.39 Å². The number of nitrogens with one attached hydrogen (secondary N) is 1. The second-order valence-electron chi connectivity index (χ2n) is 7.19. The first kappa shape index (κ1) is 17.6. The number of thiazole rings is 1. The summed E-state index contributed by atoms with van der Waals surface area (Å²) in [6.45, 7) is 6.58. The zero-order valence-corrected chi connectivity index (χ0v) is 16.3. The van der Waals surface area contributed by atoms with E-state index in [1.165, 1.54) is 6.07 Å². The molecule has 0 bridgehead atoms. The van der Waals surface area contributed by atoms with Gasteiger partial charge in [-0.1, -0.05) is 17.9 Å². The van der Waals surface area contributed by atoms with Crippen LogP contribution in [-0.4, -0.2) is 35.8 Å². The van der Waals surface area contributed by atoms with Crippen molar-refractivity contribution in [3.63, 3.8) is 0 Å². The van der Waals surface area contributed by atoms with Gasteiger partial charge in [0.1, 0.15) is 21.2 Å². The fraction of sp³-hybridized carbons (Fsp3) is 0.333. The number of fused-ring (bicyclic) bond motifs is 2. The average Bonchev–Trinajstić information content (AvgIpc) is 3.32. The lowest BCUT2D eigenvalue weighted by molar-refractivity contribution is 0.0819. The molecule has 28 heavy (non-hydrogen) atoms. The standard InChI is InChI=1S/C21H21FN4OS/c1-13(24-16-6-10-27-11-7-16)20-25-19-18(4-8-23-21(19)28-20)26-9-5-14-12-15(22)2-3-17(14)26/h2-4,8,12,16,24H,1,5-7,9-11H2. The molecule has 0 saturated carbocycles. The van der Waals surface area contributed by atoms with Gasteiger partial charge in [-0.05, 0) is 49.1 Å². The van der Waals surface area contributed by atoms with Gasteiger partial charge in [-0.2, -0.15) is 0 Å². The van der Waals surface area contributed by atoms with Crippen molar-refractivity contribution in [2.45, 2.75) is 25.3 Å². The monoisotopic (exact) mass is 396 g/mol. The van der Waals surface area contributed by atoms with Crippen LogP contribution in [0.15, 0.2) is 37.0 Å². The minimum Gasteiger partial charge on any atom is -0.381 e. The Morgan fingerprint density at radius 2 is 2.11 bits per heavy atom. The van der Waals surface area contributed by atoms with Crippen LogP contribution in [0.2, 0.25) is 0 Å². The second-order valence-corrected chi connectivity index (χ2v) is 8.16. The molecule has 0 amide bonds. The van der Waals surface area contributed by atoms with Crippen molar-refractivity contribution in [2.75, 3.05) is 24.7 Å². The quantitative estimate of drug-likeness (QED) is 0.714. The van der Waals surface area contributed by atoms with E-state index in [0.717, 1.165) is 77.0 Å². The highest BCUT2D eigenvalue weighted by Crippen LogP contribution is 2.39. The maximum absolute atomic E-state index is 13.6. The molecule has 7 heteroatoms. The molecule has 2 aliphatic heterocycles. The largest absolute Gasteiger partial charge is 0.381 e. The van der Waals surface area contributed by atoms with Gasteiger partial charge in [-0.3, -0.25) is 0 Å². The van der Waals surface area contributed by atoms with E-state index < -0.39 is 0 Å². The smallest absolute Gasteiger partial charge is 0.145 e. The van der Waals surface area contributed by atoms with Crippen LogP contribution in [-0.2, 0) is 11.2 Å². The number of aromatic nitrogens is 2. The Morgan fingerprint density at radius 1 is 1.25 bits per heavy atom. The summed E-state index contributed by atoms with van der Waals surface area (Å²) in [5, 5.41) is 4.36. The van der Waals surface area contributed by atoms with Crippen LogP contribution in [0.25, 0.3) is 16.0 Å². The first-order valence-corrected chi connectivity index (χ1v) is 10.4. The Kier molecular flexibility index (Phi) is 4.49. The fourth-order valence-electron chi connectivity index (χ4n) is 3.94. The number of rotatable bonds is 4. The van der Waals surface area contributed by atoms with Crippen molar-refractivity contribution in [3.05, 3.63) is 53.4 Å². The number of ether oxygens (including phenoxy) is 1. The molecule has 4 heterocycles. The Morgan fingerprint density at radius 3 is 2.96 bits per heavy atom. The van der Waals surface area contributed by atoms with Gasteiger partial charge in [-0.15, -0.1) is 0 Å². The number of benzene rings is 1. The van der Waals surface area contributed by atoms with Crippen LogP contribution < -0.4 is 10.2 Å². The van der Waals surface area contributed by atoms with E-state index >= 15 is 0 Å². The van der Waals surface area contributed by atoms with Crippen LogP contribution >= 0.6 is 11.3 Å². The van der Waals surface area contributed by atoms with Gasteiger partial charge in [0.2, 0.25) is 0 Å². The van der Waals surface area contributed by atoms with Crippen LogP contribution in [0.1, 0.15) is 23.4 Å². The number of halogens is 1. The summed E-state index contributed by atoms with van der Waals surface area (Å²) >= 11 is 1.55. The predicted octanol–water partition coefficient (Wildman–Crippen LogP) is 4.26. The van der Waals surface area contributed by atoms with Gasteiger partial charge < -0.3 is 15.0 Å². The molecule has 0 aliphatic carbocycles. The highest BCUT2D eigenvalue weighted by Gasteiger charge is 2.24. The summed E-state index contributed by atoms with van der Waals surface area (Å²) < 4.78 is 19.0. The van der Waals surface area contributed by atoms with Crippen LogP contribution in [0, 0.1) is 5.82 Å². The van der Waals surface area contributed by atoms with Crippen LogP contribution in [0.4, 0.5) is 15.8 Å². The third-order valence-electron chi connectivity index (χ3n) is 5.36. The van der Waals surface area contributed by atoms with E-state index in [1.807, 2.05) is 18.3 Å². The lowest BCUT2D eigenvalue weighted by Gasteiger charge is -2.24. The Balaban J connectivity index is 1.46. The average molecular weight is 396 g/mol. The molecule has 0 atom stereocenters. The molecule has 1 saturated heterocycles. The van der Waals surface area contributed by atoms with E-state index in [0.29, 0.717) is 6.04 Å². The lowest BCUT2D eigenvalue weighted by atomic mass is 10.1. The van der Waals surface area contributed by atoms with Gasteiger partial charge in [0.05, 0.1) is 11.4 Å². The van der Waals surface area contributed by atoms with Gasteiger partial charge in [0, 0.05) is 37.7 Å². The first-order valence-electron chi connectivity index (χ1n) is 9.54. The maximum Gasteiger partial charge on any atom is 0.145 e.